The summed E-state index contributed by atoms with van der Waals surface area (Å²) < 4.78 is 1.88. The third-order valence-electron chi connectivity index (χ3n) is 4.53. The molecule has 2 heterocycles. The van der Waals surface area contributed by atoms with E-state index in [0.29, 0.717) is 16.8 Å². The van der Waals surface area contributed by atoms with Crippen LogP contribution in [0.25, 0.3) is 12.2 Å². The molecule has 1 N–H and O–H groups in total. The largest absolute Gasteiger partial charge is 0.493 e. The van der Waals surface area contributed by atoms with E-state index in [2.05, 4.69) is 4.98 Å². The van der Waals surface area contributed by atoms with Crippen LogP contribution < -0.4 is 0 Å². The molecule has 0 bridgehead atoms. The van der Waals surface area contributed by atoms with Crippen LogP contribution in [0.1, 0.15) is 46.7 Å². The Bertz CT molecular complexity index is 843. The van der Waals surface area contributed by atoms with Gasteiger partial charge in [-0.15, -0.1) is 0 Å². The van der Waals surface area contributed by atoms with E-state index >= 15 is 0 Å². The van der Waals surface area contributed by atoms with Crippen molar-refractivity contribution in [3.8, 4) is 5.88 Å². The molecule has 23 heavy (non-hydrogen) atoms. The highest BCUT2D eigenvalue weighted by atomic mass is 16.3. The molecule has 2 aliphatic rings. The number of aromatic hydroxyl groups is 1. The summed E-state index contributed by atoms with van der Waals surface area (Å²) in [5, 5.41) is 10.4. The number of benzene rings is 1. The third kappa shape index (κ3) is 2.40. The standard InChI is InChI=1S/C19H18N2O2/c22-18-14(10-9-13-6-3-4-7-15(13)18)12-16-19(23)21-11-5-1-2-8-17(21)20-16/h3-4,6-7,9-10,12,23H,1-2,5,8,11H2/b14-12-. The monoisotopic (exact) mass is 306 g/mol. The molecular formula is C19H18N2O2. The van der Waals surface area contributed by atoms with E-state index in [-0.39, 0.29) is 11.7 Å². The van der Waals surface area contributed by atoms with Gasteiger partial charge < -0.3 is 5.11 Å². The molecular weight excluding hydrogens is 288 g/mol. The number of Topliss-reactive ketones (excluding diaryl/α,β-unsaturated/α-hetero) is 1. The molecule has 0 spiro atoms. The number of allylic oxidation sites excluding steroid dienone is 2. The van der Waals surface area contributed by atoms with Crippen LogP contribution in [0.15, 0.2) is 35.9 Å². The van der Waals surface area contributed by atoms with E-state index in [1.807, 2.05) is 34.9 Å². The van der Waals surface area contributed by atoms with Gasteiger partial charge in [-0.05, 0) is 24.5 Å². The minimum Gasteiger partial charge on any atom is -0.493 e. The first-order valence-electron chi connectivity index (χ1n) is 8.06. The molecule has 1 aliphatic heterocycles. The number of imidazole rings is 1. The highest BCUT2D eigenvalue weighted by Gasteiger charge is 2.21. The lowest BCUT2D eigenvalue weighted by Crippen LogP contribution is -2.07. The summed E-state index contributed by atoms with van der Waals surface area (Å²) in [5.41, 5.74) is 2.68. The van der Waals surface area contributed by atoms with Gasteiger partial charge in [-0.1, -0.05) is 42.8 Å². The molecule has 4 heteroatoms. The average Bonchev–Trinajstić information content (AvgIpc) is 2.75. The number of carbonyl (C=O) groups is 1. The summed E-state index contributed by atoms with van der Waals surface area (Å²) in [5.74, 6) is 1.07. The van der Waals surface area contributed by atoms with E-state index in [4.69, 9.17) is 0 Å². The Labute approximate surface area is 134 Å². The Morgan fingerprint density at radius 3 is 2.91 bits per heavy atom. The number of hydrogen-bond acceptors (Lipinski definition) is 3. The lowest BCUT2D eigenvalue weighted by molar-refractivity contribution is 0.103. The zero-order chi connectivity index (χ0) is 15.8. The van der Waals surface area contributed by atoms with Crippen LogP contribution in [0.4, 0.5) is 0 Å². The van der Waals surface area contributed by atoms with Crippen LogP contribution >= 0.6 is 0 Å². The highest BCUT2D eigenvalue weighted by molar-refractivity contribution is 6.17. The van der Waals surface area contributed by atoms with Crippen molar-refractivity contribution in [2.75, 3.05) is 0 Å². The number of carbonyl (C=O) groups excluding carboxylic acids is 1. The minimum absolute atomic E-state index is 0.0225. The maximum atomic E-state index is 12.6. The van der Waals surface area contributed by atoms with Crippen molar-refractivity contribution in [2.24, 2.45) is 0 Å². The average molecular weight is 306 g/mol. The van der Waals surface area contributed by atoms with Gasteiger partial charge in [0.2, 0.25) is 5.88 Å². The molecule has 0 saturated heterocycles. The van der Waals surface area contributed by atoms with Crippen LogP contribution in [-0.2, 0) is 13.0 Å². The van der Waals surface area contributed by atoms with Gasteiger partial charge in [-0.2, -0.15) is 0 Å². The molecule has 0 atom stereocenters. The van der Waals surface area contributed by atoms with Crippen LogP contribution in [0.5, 0.6) is 5.88 Å². The van der Waals surface area contributed by atoms with Crippen molar-refractivity contribution in [3.05, 3.63) is 58.6 Å². The lowest BCUT2D eigenvalue weighted by Gasteiger charge is -2.11. The summed E-state index contributed by atoms with van der Waals surface area (Å²) in [4.78, 5) is 17.1. The summed E-state index contributed by atoms with van der Waals surface area (Å²) in [6.07, 6.45) is 9.62. The van der Waals surface area contributed by atoms with Gasteiger partial charge in [0.15, 0.2) is 5.78 Å². The van der Waals surface area contributed by atoms with Gasteiger partial charge in [0.25, 0.3) is 0 Å². The quantitative estimate of drug-likeness (QED) is 0.819. The predicted octanol–water partition coefficient (Wildman–Crippen LogP) is 3.61. The number of aryl methyl sites for hydroxylation is 1. The number of hydrogen-bond donors (Lipinski definition) is 1. The lowest BCUT2D eigenvalue weighted by atomic mass is 9.92. The Hall–Kier alpha value is -2.62. The number of rotatable bonds is 1. The molecule has 1 aromatic heterocycles. The summed E-state index contributed by atoms with van der Waals surface area (Å²) in [6.45, 7) is 0.796. The van der Waals surface area contributed by atoms with Crippen molar-refractivity contribution < 1.29 is 9.90 Å². The van der Waals surface area contributed by atoms with Crippen molar-refractivity contribution in [1.29, 1.82) is 0 Å². The second kappa shape index (κ2) is 5.54. The third-order valence-corrected chi connectivity index (χ3v) is 4.53. The number of ketones is 1. The molecule has 1 aliphatic carbocycles. The van der Waals surface area contributed by atoms with Crippen molar-refractivity contribution in [1.82, 2.24) is 9.55 Å². The van der Waals surface area contributed by atoms with Gasteiger partial charge in [-0.25, -0.2) is 4.98 Å². The van der Waals surface area contributed by atoms with E-state index in [1.54, 1.807) is 12.2 Å². The molecule has 116 valence electrons. The summed E-state index contributed by atoms with van der Waals surface area (Å²) in [7, 11) is 0. The smallest absolute Gasteiger partial charge is 0.219 e. The van der Waals surface area contributed by atoms with E-state index in [0.717, 1.165) is 43.6 Å². The first-order chi connectivity index (χ1) is 11.2. The van der Waals surface area contributed by atoms with Crippen molar-refractivity contribution >= 4 is 17.9 Å². The number of nitrogens with zero attached hydrogens (tertiary/aromatic N) is 2. The maximum Gasteiger partial charge on any atom is 0.219 e. The second-order valence-electron chi connectivity index (χ2n) is 6.05. The van der Waals surface area contributed by atoms with Gasteiger partial charge in [0.1, 0.15) is 11.5 Å². The van der Waals surface area contributed by atoms with Crippen LogP contribution in [-0.4, -0.2) is 20.4 Å². The molecule has 0 amide bonds. The van der Waals surface area contributed by atoms with Gasteiger partial charge in [0.05, 0.1) is 0 Å². The molecule has 0 radical (unpaired) electrons. The fourth-order valence-corrected chi connectivity index (χ4v) is 3.28. The topological polar surface area (TPSA) is 55.1 Å². The number of aromatic nitrogens is 2. The molecule has 4 rings (SSSR count). The summed E-state index contributed by atoms with van der Waals surface area (Å²) >= 11 is 0. The Morgan fingerprint density at radius 1 is 1.13 bits per heavy atom. The van der Waals surface area contributed by atoms with Crippen LogP contribution in [0.3, 0.4) is 0 Å². The SMILES string of the molecule is O=C1/C(=C\c2nc3n(c2O)CCCCC3)C=Cc2ccccc21. The van der Waals surface area contributed by atoms with Crippen LogP contribution in [0, 0.1) is 0 Å². The second-order valence-corrected chi connectivity index (χ2v) is 6.05. The zero-order valence-corrected chi connectivity index (χ0v) is 12.8. The van der Waals surface area contributed by atoms with Gasteiger partial charge in [-0.3, -0.25) is 9.36 Å². The number of fused-ring (bicyclic) bond motifs is 2. The molecule has 4 nitrogen and oxygen atoms in total. The zero-order valence-electron chi connectivity index (χ0n) is 12.8. The van der Waals surface area contributed by atoms with Crippen molar-refractivity contribution in [3.63, 3.8) is 0 Å². The van der Waals surface area contributed by atoms with Gasteiger partial charge >= 0.3 is 0 Å². The van der Waals surface area contributed by atoms with E-state index < -0.39 is 0 Å². The van der Waals surface area contributed by atoms with Crippen LogP contribution in [0.2, 0.25) is 0 Å². The van der Waals surface area contributed by atoms with E-state index in [1.165, 1.54) is 0 Å². The normalized spacial score (nSPS) is 18.6. The van der Waals surface area contributed by atoms with Crippen molar-refractivity contribution in [2.45, 2.75) is 32.2 Å². The molecule has 2 aromatic rings. The molecule has 0 unspecified atom stereocenters. The highest BCUT2D eigenvalue weighted by Crippen LogP contribution is 2.29. The first-order valence-corrected chi connectivity index (χ1v) is 8.06. The van der Waals surface area contributed by atoms with Gasteiger partial charge in [0, 0.05) is 24.1 Å². The minimum atomic E-state index is -0.0225. The van der Waals surface area contributed by atoms with E-state index in [9.17, 15) is 9.90 Å². The Morgan fingerprint density at radius 2 is 2.00 bits per heavy atom. The Kier molecular flexibility index (Phi) is 3.37. The predicted molar refractivity (Wildman–Crippen MR) is 89.2 cm³/mol. The molecule has 0 saturated carbocycles. The Balaban J connectivity index is 1.74. The fraction of sp³-hybridized carbons (Fsp3) is 0.263. The first kappa shape index (κ1) is 14.0. The molecule has 1 aromatic carbocycles. The maximum absolute atomic E-state index is 12.6. The fourth-order valence-electron chi connectivity index (χ4n) is 3.28. The summed E-state index contributed by atoms with van der Waals surface area (Å²) in [6, 6.07) is 7.54. The molecule has 0 fully saturated rings.